The minimum atomic E-state index is -0.548. The van der Waals surface area contributed by atoms with Crippen molar-refractivity contribution in [2.75, 3.05) is 13.2 Å². The van der Waals surface area contributed by atoms with Gasteiger partial charge in [-0.15, -0.1) is 0 Å². The number of nitrogens with zero attached hydrogens (tertiary/aromatic N) is 3. The molecule has 0 spiro atoms. The Morgan fingerprint density at radius 3 is 2.79 bits per heavy atom. The number of ether oxygens (including phenoxy) is 1. The van der Waals surface area contributed by atoms with Crippen LogP contribution in [0.2, 0.25) is 0 Å². The lowest BCUT2D eigenvalue weighted by Gasteiger charge is -2.23. The van der Waals surface area contributed by atoms with Gasteiger partial charge in [-0.25, -0.2) is 0 Å². The normalized spacial score (nSPS) is 26.3. The number of carbonyl (C=O) groups is 1. The summed E-state index contributed by atoms with van der Waals surface area (Å²) in [5.41, 5.74) is 6.72. The largest absolute Gasteiger partial charge is 0.493 e. The fourth-order valence-corrected chi connectivity index (χ4v) is 3.27. The van der Waals surface area contributed by atoms with E-state index in [9.17, 15) is 4.79 Å². The number of rotatable bonds is 5. The molecular formula is C18H20N4O2. The summed E-state index contributed by atoms with van der Waals surface area (Å²) in [6.07, 6.45) is 2.48. The lowest BCUT2D eigenvalue weighted by Crippen LogP contribution is -2.47. The molecule has 2 fully saturated rings. The van der Waals surface area contributed by atoms with Gasteiger partial charge in [-0.3, -0.25) is 4.79 Å². The first-order valence-corrected chi connectivity index (χ1v) is 8.22. The van der Waals surface area contributed by atoms with Crippen LogP contribution in [0.1, 0.15) is 24.8 Å². The van der Waals surface area contributed by atoms with Gasteiger partial charge < -0.3 is 15.4 Å². The van der Waals surface area contributed by atoms with Gasteiger partial charge in [-0.05, 0) is 55.4 Å². The lowest BCUT2D eigenvalue weighted by atomic mass is 10.1. The molecule has 1 amide bonds. The molecule has 0 bridgehead atoms. The Bertz CT molecular complexity index is 688. The van der Waals surface area contributed by atoms with Crippen molar-refractivity contribution in [1.82, 2.24) is 4.90 Å². The minimum Gasteiger partial charge on any atom is -0.493 e. The second-order valence-electron chi connectivity index (χ2n) is 6.45. The number of amides is 1. The van der Waals surface area contributed by atoms with Crippen LogP contribution in [0.5, 0.6) is 5.75 Å². The van der Waals surface area contributed by atoms with Crippen LogP contribution in [0.25, 0.3) is 0 Å². The van der Waals surface area contributed by atoms with Crippen molar-refractivity contribution in [3.8, 4) is 17.9 Å². The molecule has 24 heavy (non-hydrogen) atoms. The Morgan fingerprint density at radius 1 is 1.38 bits per heavy atom. The highest BCUT2D eigenvalue weighted by Crippen LogP contribution is 2.41. The van der Waals surface area contributed by atoms with Crippen molar-refractivity contribution in [3.05, 3.63) is 29.8 Å². The van der Waals surface area contributed by atoms with Gasteiger partial charge in [0.15, 0.2) is 0 Å². The molecule has 1 saturated carbocycles. The van der Waals surface area contributed by atoms with Crippen LogP contribution >= 0.6 is 0 Å². The van der Waals surface area contributed by atoms with E-state index in [1.807, 2.05) is 0 Å². The van der Waals surface area contributed by atoms with Crippen molar-refractivity contribution in [2.24, 2.45) is 17.6 Å². The molecule has 4 atom stereocenters. The Balaban J connectivity index is 1.48. The average molecular weight is 324 g/mol. The first-order chi connectivity index (χ1) is 11.6. The first kappa shape index (κ1) is 16.3. The van der Waals surface area contributed by atoms with Crippen LogP contribution in [-0.2, 0) is 4.79 Å². The van der Waals surface area contributed by atoms with E-state index in [0.29, 0.717) is 24.5 Å². The molecular weight excluding hydrogens is 304 g/mol. The van der Waals surface area contributed by atoms with Crippen LogP contribution in [0.4, 0.5) is 0 Å². The van der Waals surface area contributed by atoms with Crippen molar-refractivity contribution < 1.29 is 9.53 Å². The van der Waals surface area contributed by atoms with Gasteiger partial charge in [0.2, 0.25) is 5.91 Å². The quantitative estimate of drug-likeness (QED) is 0.882. The number of nitrogens with two attached hydrogens (primary N) is 1. The summed E-state index contributed by atoms with van der Waals surface area (Å²) in [7, 11) is 0. The van der Waals surface area contributed by atoms with Gasteiger partial charge in [0.05, 0.1) is 30.4 Å². The fraction of sp³-hybridized carbons (Fsp3) is 0.500. The highest BCUT2D eigenvalue weighted by molar-refractivity contribution is 5.83. The van der Waals surface area contributed by atoms with Crippen LogP contribution in [0, 0.1) is 34.5 Å². The molecule has 1 aromatic rings. The molecule has 1 saturated heterocycles. The number of benzene rings is 1. The van der Waals surface area contributed by atoms with Crippen molar-refractivity contribution in [1.29, 1.82) is 10.5 Å². The molecule has 124 valence electrons. The van der Waals surface area contributed by atoms with Crippen LogP contribution in [-0.4, -0.2) is 36.0 Å². The zero-order valence-electron chi connectivity index (χ0n) is 13.4. The van der Waals surface area contributed by atoms with E-state index < -0.39 is 6.04 Å². The Hall–Kier alpha value is -2.57. The Morgan fingerprint density at radius 2 is 2.12 bits per heavy atom. The third kappa shape index (κ3) is 3.34. The van der Waals surface area contributed by atoms with Gasteiger partial charge in [0, 0.05) is 6.54 Å². The maximum absolute atomic E-state index is 12.5. The monoisotopic (exact) mass is 324 g/mol. The van der Waals surface area contributed by atoms with Gasteiger partial charge in [0.1, 0.15) is 11.8 Å². The van der Waals surface area contributed by atoms with Crippen molar-refractivity contribution >= 4 is 5.91 Å². The van der Waals surface area contributed by atoms with E-state index in [1.165, 1.54) is 0 Å². The van der Waals surface area contributed by atoms with E-state index in [1.54, 1.807) is 29.2 Å². The summed E-state index contributed by atoms with van der Waals surface area (Å²) in [5, 5.41) is 17.9. The summed E-state index contributed by atoms with van der Waals surface area (Å²) < 4.78 is 5.72. The van der Waals surface area contributed by atoms with Crippen molar-refractivity contribution in [3.63, 3.8) is 0 Å². The molecule has 1 aliphatic carbocycles. The molecule has 2 N–H and O–H groups in total. The maximum Gasteiger partial charge on any atom is 0.240 e. The highest BCUT2D eigenvalue weighted by Gasteiger charge is 2.47. The summed E-state index contributed by atoms with van der Waals surface area (Å²) in [5.74, 6) is 0.993. The molecule has 6 nitrogen and oxygen atoms in total. The Kier molecular flexibility index (Phi) is 4.69. The number of likely N-dealkylation sites (tertiary alicyclic amines) is 1. The molecule has 1 aliphatic heterocycles. The smallest absolute Gasteiger partial charge is 0.240 e. The molecule has 0 unspecified atom stereocenters. The summed E-state index contributed by atoms with van der Waals surface area (Å²) in [4.78, 5) is 14.1. The summed E-state index contributed by atoms with van der Waals surface area (Å²) >= 11 is 0. The minimum absolute atomic E-state index is 0.107. The Labute approximate surface area is 141 Å². The van der Waals surface area contributed by atoms with E-state index in [0.717, 1.165) is 19.3 Å². The van der Waals surface area contributed by atoms with Gasteiger partial charge in [0.25, 0.3) is 0 Å². The molecule has 6 heteroatoms. The number of carbonyl (C=O) groups excluding carboxylic acids is 1. The summed E-state index contributed by atoms with van der Waals surface area (Å²) in [6, 6.07) is 10.3. The van der Waals surface area contributed by atoms with E-state index in [2.05, 4.69) is 12.1 Å². The van der Waals surface area contributed by atoms with Crippen molar-refractivity contribution in [2.45, 2.75) is 31.3 Å². The molecule has 0 radical (unpaired) electrons. The first-order valence-electron chi connectivity index (χ1n) is 8.22. The standard InChI is InChI=1S/C18H20N4O2/c19-9-12-3-5-15(6-4-12)24-11-13-8-16(13)17(21)18(23)22-7-1-2-14(22)10-20/h3-6,13-14,16-17H,1-2,7-8,11,21H2/t13-,14+,16+,17+/m1/s1. The number of hydrogen-bond acceptors (Lipinski definition) is 5. The lowest BCUT2D eigenvalue weighted by molar-refractivity contribution is -0.133. The van der Waals surface area contributed by atoms with Gasteiger partial charge in [-0.1, -0.05) is 0 Å². The third-order valence-electron chi connectivity index (χ3n) is 4.86. The van der Waals surface area contributed by atoms with Gasteiger partial charge >= 0.3 is 0 Å². The molecule has 0 aromatic heterocycles. The summed E-state index contributed by atoms with van der Waals surface area (Å²) in [6.45, 7) is 1.14. The average Bonchev–Trinajstić information content (AvgIpc) is 3.24. The second kappa shape index (κ2) is 6.90. The highest BCUT2D eigenvalue weighted by atomic mass is 16.5. The number of hydrogen-bond donors (Lipinski definition) is 1. The van der Waals surface area contributed by atoms with Gasteiger partial charge in [-0.2, -0.15) is 10.5 Å². The maximum atomic E-state index is 12.5. The predicted molar refractivity (Wildman–Crippen MR) is 86.6 cm³/mol. The fourth-order valence-electron chi connectivity index (χ4n) is 3.27. The zero-order chi connectivity index (χ0) is 17.1. The third-order valence-corrected chi connectivity index (χ3v) is 4.86. The van der Waals surface area contributed by atoms with E-state index in [-0.39, 0.29) is 23.8 Å². The SMILES string of the molecule is N#Cc1ccc(OC[C@H]2C[C@@H]2[C@H](N)C(=O)N2CCC[C@H]2C#N)cc1. The van der Waals surface area contributed by atoms with Crippen LogP contribution in [0.3, 0.4) is 0 Å². The topological polar surface area (TPSA) is 103 Å². The zero-order valence-corrected chi connectivity index (χ0v) is 13.4. The van der Waals surface area contributed by atoms with E-state index >= 15 is 0 Å². The molecule has 1 heterocycles. The molecule has 3 rings (SSSR count). The molecule has 2 aliphatic rings. The predicted octanol–water partition coefficient (Wildman–Crippen LogP) is 1.42. The van der Waals surface area contributed by atoms with E-state index in [4.69, 9.17) is 21.0 Å². The number of nitriles is 2. The van der Waals surface area contributed by atoms with Crippen LogP contribution in [0.15, 0.2) is 24.3 Å². The van der Waals surface area contributed by atoms with Crippen LogP contribution < -0.4 is 10.5 Å². The second-order valence-corrected chi connectivity index (χ2v) is 6.45. The molecule has 1 aromatic carbocycles.